The zero-order valence-corrected chi connectivity index (χ0v) is 15.9. The Balaban J connectivity index is 1.99. The topological polar surface area (TPSA) is 111 Å². The van der Waals surface area contributed by atoms with Gasteiger partial charge in [0.2, 0.25) is 0 Å². The number of alkyl halides is 3. The van der Waals surface area contributed by atoms with E-state index in [9.17, 15) is 32.9 Å². The number of halogens is 3. The van der Waals surface area contributed by atoms with Crippen molar-refractivity contribution in [1.82, 2.24) is 0 Å². The van der Waals surface area contributed by atoms with Crippen LogP contribution in [0.1, 0.15) is 18.1 Å². The lowest BCUT2D eigenvalue weighted by Crippen LogP contribution is -2.31. The van der Waals surface area contributed by atoms with Gasteiger partial charge in [-0.25, -0.2) is 4.79 Å². The summed E-state index contributed by atoms with van der Waals surface area (Å²) in [7, 11) is 0. The maximum Gasteiger partial charge on any atom is 0.416 e. The molecule has 0 aliphatic rings. The van der Waals surface area contributed by atoms with Crippen LogP contribution in [0.5, 0.6) is 0 Å². The van der Waals surface area contributed by atoms with Crippen molar-refractivity contribution < 1.29 is 32.4 Å². The Hall–Kier alpha value is -3.63. The molecule has 2 rings (SSSR count). The zero-order valence-electron chi connectivity index (χ0n) is 15.9. The van der Waals surface area contributed by atoms with E-state index in [1.165, 1.54) is 6.92 Å². The third-order valence-electron chi connectivity index (χ3n) is 4.01. The molecule has 0 radical (unpaired) electrons. The largest absolute Gasteiger partial charge is 0.454 e. The van der Waals surface area contributed by atoms with Crippen molar-refractivity contribution in [2.75, 3.05) is 17.2 Å². The van der Waals surface area contributed by atoms with E-state index < -0.39 is 46.9 Å². The lowest BCUT2D eigenvalue weighted by Gasteiger charge is -2.16. The number of benzene rings is 2. The first-order valence-electron chi connectivity index (χ1n) is 8.63. The minimum atomic E-state index is -4.75. The molecule has 2 N–H and O–H groups in total. The van der Waals surface area contributed by atoms with E-state index in [0.717, 1.165) is 11.6 Å². The molecule has 11 heteroatoms. The van der Waals surface area contributed by atoms with Gasteiger partial charge in [0.15, 0.2) is 6.61 Å². The summed E-state index contributed by atoms with van der Waals surface area (Å²) in [4.78, 5) is 34.1. The van der Waals surface area contributed by atoms with Crippen LogP contribution < -0.4 is 10.6 Å². The summed E-state index contributed by atoms with van der Waals surface area (Å²) in [6.07, 6.45) is -4.75. The second kappa shape index (κ2) is 9.25. The molecule has 1 amide bonds. The summed E-state index contributed by atoms with van der Waals surface area (Å²) < 4.78 is 43.1. The Labute approximate surface area is 169 Å². The van der Waals surface area contributed by atoms with Crippen molar-refractivity contribution in [1.29, 1.82) is 0 Å². The average molecular weight is 425 g/mol. The molecule has 8 nitrogen and oxygen atoms in total. The molecule has 0 heterocycles. The molecule has 0 bridgehead atoms. The number of anilines is 2. The molecule has 1 unspecified atom stereocenters. The number of nitro benzene ring substituents is 1. The molecular formula is C19H18F3N3O5. The molecule has 0 aliphatic carbocycles. The van der Waals surface area contributed by atoms with Gasteiger partial charge in [-0.05, 0) is 37.6 Å². The highest BCUT2D eigenvalue weighted by Gasteiger charge is 2.33. The number of rotatable bonds is 7. The lowest BCUT2D eigenvalue weighted by atomic mass is 10.1. The first kappa shape index (κ1) is 22.7. The summed E-state index contributed by atoms with van der Waals surface area (Å²) in [5.41, 5.74) is -0.974. The van der Waals surface area contributed by atoms with Gasteiger partial charge in [0, 0.05) is 11.8 Å². The van der Waals surface area contributed by atoms with Crippen molar-refractivity contribution in [3.8, 4) is 0 Å². The number of nitrogens with zero attached hydrogens (tertiary/aromatic N) is 1. The Morgan fingerprint density at radius 3 is 2.43 bits per heavy atom. The van der Waals surface area contributed by atoms with Crippen LogP contribution in [0.15, 0.2) is 42.5 Å². The minimum absolute atomic E-state index is 0.290. The van der Waals surface area contributed by atoms with Gasteiger partial charge < -0.3 is 15.4 Å². The van der Waals surface area contributed by atoms with Gasteiger partial charge in [-0.15, -0.1) is 0 Å². The first-order chi connectivity index (χ1) is 14.0. The van der Waals surface area contributed by atoms with Crippen LogP contribution in [0.3, 0.4) is 0 Å². The minimum Gasteiger partial charge on any atom is -0.454 e. The summed E-state index contributed by atoms with van der Waals surface area (Å²) in [5.74, 6) is -1.51. The van der Waals surface area contributed by atoms with Gasteiger partial charge in [-0.3, -0.25) is 14.9 Å². The number of nitro groups is 1. The van der Waals surface area contributed by atoms with E-state index in [1.807, 2.05) is 0 Å². The number of esters is 1. The maximum absolute atomic E-state index is 12.8. The van der Waals surface area contributed by atoms with E-state index in [-0.39, 0.29) is 5.69 Å². The van der Waals surface area contributed by atoms with Crippen molar-refractivity contribution in [3.63, 3.8) is 0 Å². The highest BCUT2D eigenvalue weighted by atomic mass is 19.4. The molecule has 0 saturated carbocycles. The highest BCUT2D eigenvalue weighted by molar-refractivity contribution is 5.94. The summed E-state index contributed by atoms with van der Waals surface area (Å²) >= 11 is 0. The predicted octanol–water partition coefficient (Wildman–Crippen LogP) is 3.90. The van der Waals surface area contributed by atoms with E-state index in [4.69, 9.17) is 4.74 Å². The predicted molar refractivity (Wildman–Crippen MR) is 102 cm³/mol. The van der Waals surface area contributed by atoms with Crippen LogP contribution in [-0.2, 0) is 20.5 Å². The second-order valence-electron chi connectivity index (χ2n) is 6.32. The summed E-state index contributed by atoms with van der Waals surface area (Å²) in [6, 6.07) is 7.69. The molecule has 0 aliphatic heterocycles. The van der Waals surface area contributed by atoms with Crippen molar-refractivity contribution in [3.05, 3.63) is 63.7 Å². The second-order valence-corrected chi connectivity index (χ2v) is 6.32. The number of hydrogen-bond acceptors (Lipinski definition) is 6. The molecular weight excluding hydrogens is 407 g/mol. The highest BCUT2D eigenvalue weighted by Crippen LogP contribution is 2.35. The fourth-order valence-electron chi connectivity index (χ4n) is 2.43. The quantitative estimate of drug-likeness (QED) is 0.395. The number of carbonyl (C=O) groups excluding carboxylic acids is 2. The van der Waals surface area contributed by atoms with Gasteiger partial charge in [-0.2, -0.15) is 13.2 Å². The smallest absolute Gasteiger partial charge is 0.416 e. The number of hydrogen-bond donors (Lipinski definition) is 2. The Bertz CT molecular complexity index is 963. The first-order valence-corrected chi connectivity index (χ1v) is 8.63. The van der Waals surface area contributed by atoms with Crippen LogP contribution in [0.4, 0.5) is 30.2 Å². The van der Waals surface area contributed by atoms with E-state index in [1.54, 1.807) is 31.2 Å². The lowest BCUT2D eigenvalue weighted by molar-refractivity contribution is -0.384. The molecule has 0 saturated heterocycles. The summed E-state index contributed by atoms with van der Waals surface area (Å²) in [6.45, 7) is 2.47. The number of amides is 1. The normalized spacial score (nSPS) is 12.0. The van der Waals surface area contributed by atoms with Gasteiger partial charge in [0.05, 0.1) is 10.5 Å². The average Bonchev–Trinajstić information content (AvgIpc) is 2.67. The standard InChI is InChI=1S/C19H18F3N3O5/c1-11-5-3-4-6-14(11)24-17(26)10-30-18(27)12(2)23-15-8-7-13(19(20,21)22)9-16(15)25(28)29/h3-9,12,23H,10H2,1-2H3,(H,24,26). The van der Waals surface area contributed by atoms with Gasteiger partial charge in [0.1, 0.15) is 11.7 Å². The molecule has 0 spiro atoms. The Morgan fingerprint density at radius 2 is 1.83 bits per heavy atom. The van der Waals surface area contributed by atoms with E-state index in [0.29, 0.717) is 17.8 Å². The van der Waals surface area contributed by atoms with Crippen LogP contribution in [0, 0.1) is 17.0 Å². The van der Waals surface area contributed by atoms with E-state index >= 15 is 0 Å². The monoisotopic (exact) mass is 425 g/mol. The van der Waals surface area contributed by atoms with Crippen molar-refractivity contribution in [2.45, 2.75) is 26.1 Å². The molecule has 0 fully saturated rings. The van der Waals surface area contributed by atoms with E-state index in [2.05, 4.69) is 10.6 Å². The van der Waals surface area contributed by atoms with Crippen LogP contribution in [0.2, 0.25) is 0 Å². The fourth-order valence-corrected chi connectivity index (χ4v) is 2.43. The maximum atomic E-state index is 12.8. The number of ether oxygens (including phenoxy) is 1. The number of aryl methyl sites for hydroxylation is 1. The van der Waals surface area contributed by atoms with Gasteiger partial charge in [-0.1, -0.05) is 18.2 Å². The zero-order chi connectivity index (χ0) is 22.5. The molecule has 0 aromatic heterocycles. The molecule has 160 valence electrons. The Morgan fingerprint density at radius 1 is 1.17 bits per heavy atom. The molecule has 1 atom stereocenters. The Kier molecular flexibility index (Phi) is 6.98. The third kappa shape index (κ3) is 5.93. The molecule has 2 aromatic carbocycles. The number of para-hydroxylation sites is 1. The third-order valence-corrected chi connectivity index (χ3v) is 4.01. The fraction of sp³-hybridized carbons (Fsp3) is 0.263. The van der Waals surface area contributed by atoms with Crippen molar-refractivity contribution in [2.24, 2.45) is 0 Å². The molecule has 2 aromatic rings. The van der Waals surface area contributed by atoms with Crippen LogP contribution >= 0.6 is 0 Å². The number of carbonyl (C=O) groups is 2. The van der Waals surface area contributed by atoms with Crippen molar-refractivity contribution >= 4 is 28.9 Å². The number of nitrogens with one attached hydrogen (secondary N) is 2. The SMILES string of the molecule is Cc1ccccc1NC(=O)COC(=O)C(C)Nc1ccc(C(F)(F)F)cc1[N+](=O)[O-]. The van der Waals surface area contributed by atoms with Gasteiger partial charge >= 0.3 is 12.1 Å². The van der Waals surface area contributed by atoms with Crippen LogP contribution in [-0.4, -0.2) is 29.4 Å². The summed E-state index contributed by atoms with van der Waals surface area (Å²) in [5, 5.41) is 16.1. The molecule has 30 heavy (non-hydrogen) atoms. The van der Waals surface area contributed by atoms with Crippen LogP contribution in [0.25, 0.3) is 0 Å². The van der Waals surface area contributed by atoms with Gasteiger partial charge in [0.25, 0.3) is 11.6 Å².